The Morgan fingerprint density at radius 2 is 2.24 bits per heavy atom. The SMILES string of the molecule is CCOCc1nc(Cl)cc(NC(CC)CO)n1. The molecular weight excluding hydrogens is 242 g/mol. The van der Waals surface area contributed by atoms with Crippen molar-refractivity contribution >= 4 is 17.4 Å². The van der Waals surface area contributed by atoms with Gasteiger partial charge in [-0.05, 0) is 13.3 Å². The maximum absolute atomic E-state index is 9.10. The van der Waals surface area contributed by atoms with Crippen LogP contribution in [0.4, 0.5) is 5.82 Å². The van der Waals surface area contributed by atoms with Gasteiger partial charge in [0.05, 0.1) is 12.6 Å². The maximum Gasteiger partial charge on any atom is 0.158 e. The number of nitrogens with one attached hydrogen (secondary N) is 1. The molecule has 0 aromatic carbocycles. The van der Waals surface area contributed by atoms with E-state index in [4.69, 9.17) is 21.4 Å². The summed E-state index contributed by atoms with van der Waals surface area (Å²) >= 11 is 5.89. The van der Waals surface area contributed by atoms with Gasteiger partial charge in [0, 0.05) is 12.7 Å². The molecule has 1 aromatic heterocycles. The molecular formula is C11H18ClN3O2. The number of anilines is 1. The largest absolute Gasteiger partial charge is 0.394 e. The Bertz CT molecular complexity index is 345. The van der Waals surface area contributed by atoms with Crippen LogP contribution in [0.5, 0.6) is 0 Å². The fourth-order valence-electron chi connectivity index (χ4n) is 1.28. The van der Waals surface area contributed by atoms with E-state index in [1.54, 1.807) is 6.07 Å². The van der Waals surface area contributed by atoms with Crippen molar-refractivity contribution in [1.82, 2.24) is 9.97 Å². The van der Waals surface area contributed by atoms with Gasteiger partial charge in [-0.3, -0.25) is 0 Å². The molecule has 0 spiro atoms. The molecule has 0 radical (unpaired) electrons. The molecule has 0 saturated heterocycles. The van der Waals surface area contributed by atoms with Crippen LogP contribution in [0.25, 0.3) is 0 Å². The molecule has 5 nitrogen and oxygen atoms in total. The third-order valence-corrected chi connectivity index (χ3v) is 2.44. The summed E-state index contributed by atoms with van der Waals surface area (Å²) in [5.74, 6) is 1.15. The summed E-state index contributed by atoms with van der Waals surface area (Å²) in [6.07, 6.45) is 0.804. The van der Waals surface area contributed by atoms with Crippen molar-refractivity contribution in [2.45, 2.75) is 32.9 Å². The van der Waals surface area contributed by atoms with Gasteiger partial charge in [-0.1, -0.05) is 18.5 Å². The van der Waals surface area contributed by atoms with Crippen molar-refractivity contribution in [1.29, 1.82) is 0 Å². The standard InChI is InChI=1S/C11H18ClN3O2/c1-3-8(6-16)13-10-5-9(12)14-11(15-10)7-17-4-2/h5,8,16H,3-4,6-7H2,1-2H3,(H,13,14,15). The lowest BCUT2D eigenvalue weighted by molar-refractivity contribution is 0.128. The average molecular weight is 260 g/mol. The number of aliphatic hydroxyl groups is 1. The predicted molar refractivity (Wildman–Crippen MR) is 67.2 cm³/mol. The minimum Gasteiger partial charge on any atom is -0.394 e. The van der Waals surface area contributed by atoms with Crippen LogP contribution in [0, 0.1) is 0 Å². The first-order valence-electron chi connectivity index (χ1n) is 5.68. The van der Waals surface area contributed by atoms with E-state index in [0.29, 0.717) is 30.0 Å². The number of aliphatic hydroxyl groups excluding tert-OH is 1. The minimum atomic E-state index is -0.0269. The Labute approximate surface area is 106 Å². The molecule has 1 unspecified atom stereocenters. The molecule has 0 amide bonds. The van der Waals surface area contributed by atoms with Gasteiger partial charge in [-0.25, -0.2) is 9.97 Å². The van der Waals surface area contributed by atoms with Gasteiger partial charge in [0.1, 0.15) is 17.6 Å². The first kappa shape index (κ1) is 14.2. The molecule has 1 heterocycles. The van der Waals surface area contributed by atoms with E-state index >= 15 is 0 Å². The van der Waals surface area contributed by atoms with Gasteiger partial charge in [0.2, 0.25) is 0 Å². The van der Waals surface area contributed by atoms with Crippen LogP contribution >= 0.6 is 11.6 Å². The predicted octanol–water partition coefficient (Wildman–Crippen LogP) is 1.85. The van der Waals surface area contributed by atoms with Crippen LogP contribution < -0.4 is 5.32 Å². The maximum atomic E-state index is 9.10. The quantitative estimate of drug-likeness (QED) is 0.732. The summed E-state index contributed by atoms with van der Waals surface area (Å²) in [6.45, 7) is 4.88. The van der Waals surface area contributed by atoms with Crippen molar-refractivity contribution in [3.63, 3.8) is 0 Å². The monoisotopic (exact) mass is 259 g/mol. The van der Waals surface area contributed by atoms with Crippen LogP contribution in [0.3, 0.4) is 0 Å². The van der Waals surface area contributed by atoms with E-state index in [-0.39, 0.29) is 12.6 Å². The second-order valence-corrected chi connectivity index (χ2v) is 3.95. The van der Waals surface area contributed by atoms with E-state index < -0.39 is 0 Å². The number of rotatable bonds is 7. The zero-order chi connectivity index (χ0) is 12.7. The van der Waals surface area contributed by atoms with Crippen LogP contribution in [-0.4, -0.2) is 34.3 Å². The second kappa shape index (κ2) is 7.42. The minimum absolute atomic E-state index is 0.0269. The first-order valence-corrected chi connectivity index (χ1v) is 6.06. The highest BCUT2D eigenvalue weighted by Gasteiger charge is 2.08. The van der Waals surface area contributed by atoms with Gasteiger partial charge < -0.3 is 15.2 Å². The summed E-state index contributed by atoms with van der Waals surface area (Å²) < 4.78 is 5.23. The number of hydrogen-bond acceptors (Lipinski definition) is 5. The Morgan fingerprint density at radius 1 is 1.47 bits per heavy atom. The lowest BCUT2D eigenvalue weighted by atomic mass is 10.2. The summed E-state index contributed by atoms with van der Waals surface area (Å²) in [4.78, 5) is 8.32. The van der Waals surface area contributed by atoms with E-state index in [9.17, 15) is 0 Å². The number of nitrogens with zero attached hydrogens (tertiary/aromatic N) is 2. The Kier molecular flexibility index (Phi) is 6.18. The smallest absolute Gasteiger partial charge is 0.158 e. The topological polar surface area (TPSA) is 67.3 Å². The van der Waals surface area contributed by atoms with Crippen molar-refractivity contribution in [2.24, 2.45) is 0 Å². The van der Waals surface area contributed by atoms with Crippen molar-refractivity contribution in [2.75, 3.05) is 18.5 Å². The van der Waals surface area contributed by atoms with Gasteiger partial charge >= 0.3 is 0 Å². The highest BCUT2D eigenvalue weighted by Crippen LogP contribution is 2.13. The zero-order valence-corrected chi connectivity index (χ0v) is 10.9. The summed E-state index contributed by atoms with van der Waals surface area (Å²) in [7, 11) is 0. The number of hydrogen-bond donors (Lipinski definition) is 2. The molecule has 0 fully saturated rings. The molecule has 0 aliphatic carbocycles. The third kappa shape index (κ3) is 4.85. The Balaban J connectivity index is 2.74. The third-order valence-electron chi connectivity index (χ3n) is 2.24. The van der Waals surface area contributed by atoms with Crippen molar-refractivity contribution < 1.29 is 9.84 Å². The van der Waals surface area contributed by atoms with E-state index in [0.717, 1.165) is 6.42 Å². The molecule has 1 aromatic rings. The Morgan fingerprint density at radius 3 is 2.82 bits per heavy atom. The summed E-state index contributed by atoms with van der Waals surface area (Å²) in [6, 6.07) is 1.61. The van der Waals surface area contributed by atoms with E-state index in [1.165, 1.54) is 0 Å². The highest BCUT2D eigenvalue weighted by atomic mass is 35.5. The van der Waals surface area contributed by atoms with Crippen LogP contribution in [0.1, 0.15) is 26.1 Å². The van der Waals surface area contributed by atoms with Crippen LogP contribution in [0.2, 0.25) is 5.15 Å². The zero-order valence-electron chi connectivity index (χ0n) is 10.1. The first-order chi connectivity index (χ1) is 8.19. The highest BCUT2D eigenvalue weighted by molar-refractivity contribution is 6.29. The van der Waals surface area contributed by atoms with Gasteiger partial charge in [0.25, 0.3) is 0 Å². The van der Waals surface area contributed by atoms with Crippen LogP contribution in [-0.2, 0) is 11.3 Å². The Hall–Kier alpha value is -0.910. The van der Waals surface area contributed by atoms with E-state index in [1.807, 2.05) is 13.8 Å². The fourth-order valence-corrected chi connectivity index (χ4v) is 1.48. The number of aromatic nitrogens is 2. The van der Waals surface area contributed by atoms with Crippen molar-refractivity contribution in [3.8, 4) is 0 Å². The summed E-state index contributed by atoms with van der Waals surface area (Å²) in [5, 5.41) is 12.6. The molecule has 1 rings (SSSR count). The molecule has 6 heteroatoms. The van der Waals surface area contributed by atoms with Crippen LogP contribution in [0.15, 0.2) is 6.07 Å². The normalized spacial score (nSPS) is 12.5. The van der Waals surface area contributed by atoms with Crippen molar-refractivity contribution in [3.05, 3.63) is 17.0 Å². The molecule has 96 valence electrons. The van der Waals surface area contributed by atoms with E-state index in [2.05, 4.69) is 15.3 Å². The fraction of sp³-hybridized carbons (Fsp3) is 0.636. The molecule has 17 heavy (non-hydrogen) atoms. The second-order valence-electron chi connectivity index (χ2n) is 3.56. The number of halogens is 1. The average Bonchev–Trinajstić information content (AvgIpc) is 2.32. The van der Waals surface area contributed by atoms with Gasteiger partial charge in [-0.15, -0.1) is 0 Å². The lowest BCUT2D eigenvalue weighted by Gasteiger charge is -2.15. The molecule has 0 aliphatic rings. The molecule has 0 saturated carbocycles. The molecule has 0 bridgehead atoms. The lowest BCUT2D eigenvalue weighted by Crippen LogP contribution is -2.23. The molecule has 1 atom stereocenters. The summed E-state index contributed by atoms with van der Waals surface area (Å²) in [5.41, 5.74) is 0. The number of ether oxygens (including phenoxy) is 1. The molecule has 2 N–H and O–H groups in total. The molecule has 0 aliphatic heterocycles. The van der Waals surface area contributed by atoms with Gasteiger partial charge in [-0.2, -0.15) is 0 Å². The van der Waals surface area contributed by atoms with Gasteiger partial charge in [0.15, 0.2) is 5.82 Å².